The molecule has 0 saturated carbocycles. The van der Waals surface area contributed by atoms with Crippen molar-refractivity contribution in [1.82, 2.24) is 20.2 Å². The van der Waals surface area contributed by atoms with Gasteiger partial charge in [0.15, 0.2) is 0 Å². The van der Waals surface area contributed by atoms with Gasteiger partial charge < -0.3 is 15.2 Å². The predicted molar refractivity (Wildman–Crippen MR) is 71.0 cm³/mol. The molecule has 9 heteroatoms. The molecule has 0 aliphatic rings. The van der Waals surface area contributed by atoms with E-state index >= 15 is 0 Å². The minimum absolute atomic E-state index is 0.332. The topological polar surface area (TPSA) is 119 Å². The Hall–Kier alpha value is -2.81. The molecule has 0 fully saturated rings. The number of nitrogens with one attached hydrogen (secondary N) is 1. The number of amides is 1. The average molecular weight is 291 g/mol. The van der Waals surface area contributed by atoms with Gasteiger partial charge in [-0.25, -0.2) is 9.48 Å². The molecule has 0 bridgehead atoms. The third-order valence-electron chi connectivity index (χ3n) is 2.57. The molecule has 2 rings (SSSR count). The van der Waals surface area contributed by atoms with Gasteiger partial charge in [0, 0.05) is 5.69 Å². The highest BCUT2D eigenvalue weighted by molar-refractivity contribution is 5.92. The van der Waals surface area contributed by atoms with Gasteiger partial charge in [0.2, 0.25) is 5.91 Å². The van der Waals surface area contributed by atoms with E-state index in [0.29, 0.717) is 11.4 Å². The number of carbonyl (C=O) groups is 2. The molecule has 1 aromatic heterocycles. The number of carboxylic acid groups (broad SMARTS) is 1. The Bertz CT molecular complexity index is 641. The Morgan fingerprint density at radius 1 is 1.38 bits per heavy atom. The lowest BCUT2D eigenvalue weighted by Gasteiger charge is -2.10. The molecular weight excluding hydrogens is 278 g/mol. The summed E-state index contributed by atoms with van der Waals surface area (Å²) in [6.07, 6.45) is 1.44. The number of hydrogen-bond donors (Lipinski definition) is 2. The van der Waals surface area contributed by atoms with Crippen LogP contribution >= 0.6 is 0 Å². The van der Waals surface area contributed by atoms with Crippen LogP contribution in [0.1, 0.15) is 5.56 Å². The van der Waals surface area contributed by atoms with Crippen molar-refractivity contribution >= 4 is 17.6 Å². The normalized spacial score (nSPS) is 10.3. The van der Waals surface area contributed by atoms with Gasteiger partial charge in [0.25, 0.3) is 0 Å². The highest BCUT2D eigenvalue weighted by Crippen LogP contribution is 2.18. The summed E-state index contributed by atoms with van der Waals surface area (Å²) in [6, 6.07) is 5.33. The van der Waals surface area contributed by atoms with E-state index in [1.165, 1.54) is 11.0 Å². The highest BCUT2D eigenvalue weighted by Gasteiger charge is 2.08. The number of carbonyl (C=O) groups excluding carboxylic acids is 1. The zero-order valence-electron chi connectivity index (χ0n) is 11.2. The van der Waals surface area contributed by atoms with Crippen LogP contribution in [0.2, 0.25) is 0 Å². The standard InChI is InChI=1S/C12H13N5O4/c1-8-2-3-9(17-7-13-15-16-17)4-10(8)14-11(18)5-21-6-12(19)20/h2-4,7H,5-6H2,1H3,(H,14,18)(H,19,20). The van der Waals surface area contributed by atoms with Crippen molar-refractivity contribution in [1.29, 1.82) is 0 Å². The maximum atomic E-state index is 11.7. The number of benzene rings is 1. The fourth-order valence-electron chi connectivity index (χ4n) is 1.58. The fourth-order valence-corrected chi connectivity index (χ4v) is 1.58. The second kappa shape index (κ2) is 6.57. The van der Waals surface area contributed by atoms with Crippen molar-refractivity contribution in [3.63, 3.8) is 0 Å². The number of anilines is 1. The van der Waals surface area contributed by atoms with Crippen molar-refractivity contribution in [3.8, 4) is 5.69 Å². The number of tetrazole rings is 1. The van der Waals surface area contributed by atoms with Crippen LogP contribution in [0.25, 0.3) is 5.69 Å². The van der Waals surface area contributed by atoms with E-state index < -0.39 is 18.5 Å². The summed E-state index contributed by atoms with van der Waals surface area (Å²) in [5, 5.41) is 21.9. The van der Waals surface area contributed by atoms with Crippen molar-refractivity contribution in [2.24, 2.45) is 0 Å². The minimum atomic E-state index is -1.13. The Kier molecular flexibility index (Phi) is 4.57. The number of aliphatic carboxylic acids is 1. The first-order chi connectivity index (χ1) is 10.1. The monoisotopic (exact) mass is 291 g/mol. The van der Waals surface area contributed by atoms with Gasteiger partial charge >= 0.3 is 5.97 Å². The van der Waals surface area contributed by atoms with Gasteiger partial charge in [-0.1, -0.05) is 6.07 Å². The predicted octanol–water partition coefficient (Wildman–Crippen LogP) is 0.0104. The Balaban J connectivity index is 2.04. The smallest absolute Gasteiger partial charge is 0.329 e. The zero-order chi connectivity index (χ0) is 15.2. The lowest BCUT2D eigenvalue weighted by atomic mass is 10.2. The van der Waals surface area contributed by atoms with Crippen LogP contribution in [-0.4, -0.2) is 50.4 Å². The molecule has 0 aliphatic heterocycles. The van der Waals surface area contributed by atoms with Crippen LogP contribution in [0.15, 0.2) is 24.5 Å². The van der Waals surface area contributed by atoms with Gasteiger partial charge in [-0.05, 0) is 35.0 Å². The molecule has 9 nitrogen and oxygen atoms in total. The van der Waals surface area contributed by atoms with Crippen molar-refractivity contribution in [2.45, 2.75) is 6.92 Å². The lowest BCUT2D eigenvalue weighted by Crippen LogP contribution is -2.21. The summed E-state index contributed by atoms with van der Waals surface area (Å²) in [5.41, 5.74) is 2.11. The van der Waals surface area contributed by atoms with E-state index in [1.54, 1.807) is 6.07 Å². The van der Waals surface area contributed by atoms with Gasteiger partial charge in [-0.15, -0.1) is 5.10 Å². The largest absolute Gasteiger partial charge is 0.480 e. The number of hydrogen-bond acceptors (Lipinski definition) is 6. The molecule has 1 aromatic carbocycles. The first-order valence-electron chi connectivity index (χ1n) is 5.99. The molecule has 0 spiro atoms. The number of nitrogens with zero attached hydrogens (tertiary/aromatic N) is 4. The lowest BCUT2D eigenvalue weighted by molar-refractivity contribution is -0.143. The van der Waals surface area contributed by atoms with Crippen LogP contribution in [-0.2, 0) is 14.3 Å². The molecule has 0 atom stereocenters. The van der Waals surface area contributed by atoms with E-state index in [4.69, 9.17) is 9.84 Å². The molecule has 21 heavy (non-hydrogen) atoms. The molecule has 0 aliphatic carbocycles. The third-order valence-corrected chi connectivity index (χ3v) is 2.57. The molecule has 110 valence electrons. The number of aromatic nitrogens is 4. The Morgan fingerprint density at radius 2 is 2.19 bits per heavy atom. The second-order valence-electron chi connectivity index (χ2n) is 4.19. The number of aryl methyl sites for hydroxylation is 1. The molecule has 1 amide bonds. The van der Waals surface area contributed by atoms with Crippen molar-refractivity contribution in [3.05, 3.63) is 30.1 Å². The number of rotatable bonds is 6. The third kappa shape index (κ3) is 4.08. The Morgan fingerprint density at radius 3 is 2.86 bits per heavy atom. The molecule has 0 unspecified atom stereocenters. The minimum Gasteiger partial charge on any atom is -0.480 e. The summed E-state index contributed by atoms with van der Waals surface area (Å²) in [4.78, 5) is 22.0. The summed E-state index contributed by atoms with van der Waals surface area (Å²) >= 11 is 0. The maximum absolute atomic E-state index is 11.7. The van der Waals surface area contributed by atoms with E-state index in [-0.39, 0.29) is 6.61 Å². The summed E-state index contributed by atoms with van der Waals surface area (Å²) < 4.78 is 6.18. The van der Waals surface area contributed by atoms with Crippen LogP contribution in [0.3, 0.4) is 0 Å². The van der Waals surface area contributed by atoms with E-state index in [9.17, 15) is 9.59 Å². The summed E-state index contributed by atoms with van der Waals surface area (Å²) in [6.45, 7) is 0.981. The van der Waals surface area contributed by atoms with Gasteiger partial charge in [-0.3, -0.25) is 4.79 Å². The second-order valence-corrected chi connectivity index (χ2v) is 4.19. The first kappa shape index (κ1) is 14.6. The van der Waals surface area contributed by atoms with Crippen LogP contribution in [0.4, 0.5) is 5.69 Å². The summed E-state index contributed by atoms with van der Waals surface area (Å²) in [5.74, 6) is -1.56. The first-order valence-corrected chi connectivity index (χ1v) is 5.99. The highest BCUT2D eigenvalue weighted by atomic mass is 16.5. The molecule has 2 N–H and O–H groups in total. The average Bonchev–Trinajstić information content (AvgIpc) is 2.95. The van der Waals surface area contributed by atoms with Crippen LogP contribution < -0.4 is 5.32 Å². The van der Waals surface area contributed by atoms with E-state index in [2.05, 4.69) is 20.8 Å². The van der Waals surface area contributed by atoms with Crippen LogP contribution in [0, 0.1) is 6.92 Å². The SMILES string of the molecule is Cc1ccc(-n2cnnn2)cc1NC(=O)COCC(=O)O. The quantitative estimate of drug-likeness (QED) is 0.769. The molecule has 1 heterocycles. The molecular formula is C12H13N5O4. The zero-order valence-corrected chi connectivity index (χ0v) is 11.2. The van der Waals surface area contributed by atoms with E-state index in [0.717, 1.165) is 5.56 Å². The van der Waals surface area contributed by atoms with Crippen molar-refractivity contribution < 1.29 is 19.4 Å². The number of ether oxygens (including phenoxy) is 1. The fraction of sp³-hybridized carbons (Fsp3) is 0.250. The van der Waals surface area contributed by atoms with Crippen LogP contribution in [0.5, 0.6) is 0 Å². The summed E-state index contributed by atoms with van der Waals surface area (Å²) in [7, 11) is 0. The number of carboxylic acids is 1. The van der Waals surface area contributed by atoms with E-state index in [1.807, 2.05) is 19.1 Å². The Labute approximate surface area is 119 Å². The molecule has 2 aromatic rings. The molecule has 0 saturated heterocycles. The van der Waals surface area contributed by atoms with Crippen molar-refractivity contribution in [2.75, 3.05) is 18.5 Å². The molecule has 0 radical (unpaired) electrons. The van der Waals surface area contributed by atoms with Gasteiger partial charge in [0.1, 0.15) is 19.5 Å². The van der Waals surface area contributed by atoms with Gasteiger partial charge in [-0.2, -0.15) is 0 Å². The van der Waals surface area contributed by atoms with Gasteiger partial charge in [0.05, 0.1) is 5.69 Å². The maximum Gasteiger partial charge on any atom is 0.329 e.